The predicted octanol–water partition coefficient (Wildman–Crippen LogP) is 1.03. The maximum Gasteiger partial charge on any atom is 0.310 e. The first kappa shape index (κ1) is 8.87. The van der Waals surface area contributed by atoms with Crippen molar-refractivity contribution in [3.63, 3.8) is 0 Å². The van der Waals surface area contributed by atoms with Crippen molar-refractivity contribution in [1.82, 2.24) is 0 Å². The molecule has 2 rings (SSSR count). The number of rotatable bonds is 1. The molecule has 2 N–H and O–H groups in total. The number of carbonyl (C=O) groups is 1. The molecule has 0 aromatic heterocycles. The van der Waals surface area contributed by atoms with Gasteiger partial charge in [0.25, 0.3) is 0 Å². The Bertz CT molecular complexity index is 372. The molecule has 4 heteroatoms. The Morgan fingerprint density at radius 1 is 1.50 bits per heavy atom. The second-order valence-electron chi connectivity index (χ2n) is 3.30. The fourth-order valence-electron chi connectivity index (χ4n) is 1.55. The minimum atomic E-state index is -0.890. The molecular weight excluding hydrogens is 184 g/mol. The van der Waals surface area contributed by atoms with Gasteiger partial charge >= 0.3 is 5.97 Å². The van der Waals surface area contributed by atoms with Crippen LogP contribution < -0.4 is 4.74 Å². The number of carboxylic acids is 1. The van der Waals surface area contributed by atoms with Gasteiger partial charge in [-0.2, -0.15) is 0 Å². The van der Waals surface area contributed by atoms with E-state index in [1.165, 1.54) is 6.07 Å². The number of benzene rings is 1. The molecule has 1 unspecified atom stereocenters. The lowest BCUT2D eigenvalue weighted by Gasteiger charge is -2.22. The summed E-state index contributed by atoms with van der Waals surface area (Å²) in [4.78, 5) is 10.7. The number of fused-ring (bicyclic) bond motifs is 1. The molecule has 0 radical (unpaired) electrons. The van der Waals surface area contributed by atoms with Crippen molar-refractivity contribution >= 4 is 5.97 Å². The van der Waals surface area contributed by atoms with Crippen molar-refractivity contribution < 1.29 is 19.7 Å². The Morgan fingerprint density at radius 2 is 2.29 bits per heavy atom. The van der Waals surface area contributed by atoms with Crippen LogP contribution in [0.2, 0.25) is 0 Å². The lowest BCUT2D eigenvalue weighted by Crippen LogP contribution is -2.27. The van der Waals surface area contributed by atoms with Gasteiger partial charge in [-0.05, 0) is 18.6 Å². The Labute approximate surface area is 80.7 Å². The summed E-state index contributed by atoms with van der Waals surface area (Å²) in [5, 5.41) is 18.3. The number of phenols is 1. The number of carboxylic acid groups (broad SMARTS) is 1. The lowest BCUT2D eigenvalue weighted by molar-refractivity contribution is -0.143. The molecule has 14 heavy (non-hydrogen) atoms. The van der Waals surface area contributed by atoms with Gasteiger partial charge < -0.3 is 14.9 Å². The summed E-state index contributed by atoms with van der Waals surface area (Å²) in [6.07, 6.45) is 0.331. The third kappa shape index (κ3) is 1.39. The van der Waals surface area contributed by atoms with Crippen LogP contribution in [0, 0.1) is 5.92 Å². The maximum absolute atomic E-state index is 10.7. The fraction of sp³-hybridized carbons (Fsp3) is 0.300. The quantitative estimate of drug-likeness (QED) is 0.700. The maximum atomic E-state index is 10.7. The molecule has 4 nitrogen and oxygen atoms in total. The van der Waals surface area contributed by atoms with E-state index in [9.17, 15) is 9.90 Å². The first-order valence-electron chi connectivity index (χ1n) is 4.35. The summed E-state index contributed by atoms with van der Waals surface area (Å²) in [5.41, 5.74) is 0.589. The first-order chi connectivity index (χ1) is 6.68. The van der Waals surface area contributed by atoms with Crippen LogP contribution in [0.1, 0.15) is 5.56 Å². The van der Waals surface area contributed by atoms with E-state index in [1.807, 2.05) is 0 Å². The zero-order chi connectivity index (χ0) is 10.1. The molecule has 1 aliphatic heterocycles. The number of ether oxygens (including phenoxy) is 1. The largest absolute Gasteiger partial charge is 0.508 e. The summed E-state index contributed by atoms with van der Waals surface area (Å²) in [5.74, 6) is -0.759. The summed E-state index contributed by atoms with van der Waals surface area (Å²) in [7, 11) is 0. The SMILES string of the molecule is O=C(O)C1COc2cccc(O)c2C1. The van der Waals surface area contributed by atoms with E-state index in [1.54, 1.807) is 12.1 Å². The van der Waals surface area contributed by atoms with E-state index < -0.39 is 11.9 Å². The van der Waals surface area contributed by atoms with Gasteiger partial charge in [0.1, 0.15) is 18.1 Å². The number of aliphatic carboxylic acids is 1. The van der Waals surface area contributed by atoms with Gasteiger partial charge in [0.2, 0.25) is 0 Å². The second kappa shape index (κ2) is 3.21. The molecule has 0 fully saturated rings. The predicted molar refractivity (Wildman–Crippen MR) is 48.4 cm³/mol. The molecule has 1 heterocycles. The van der Waals surface area contributed by atoms with E-state index in [-0.39, 0.29) is 12.4 Å². The van der Waals surface area contributed by atoms with E-state index >= 15 is 0 Å². The number of hydrogen-bond acceptors (Lipinski definition) is 3. The highest BCUT2D eigenvalue weighted by atomic mass is 16.5. The van der Waals surface area contributed by atoms with Crippen LogP contribution in [0.3, 0.4) is 0 Å². The Morgan fingerprint density at radius 3 is 3.00 bits per heavy atom. The third-order valence-electron chi connectivity index (χ3n) is 2.35. The van der Waals surface area contributed by atoms with Gasteiger partial charge in [0, 0.05) is 5.56 Å². The molecule has 1 atom stereocenters. The standard InChI is InChI=1S/C10H10O4/c11-8-2-1-3-9-7(8)4-6(5-14-9)10(12)13/h1-3,6,11H,4-5H2,(H,12,13). The van der Waals surface area contributed by atoms with Crippen molar-refractivity contribution in [2.24, 2.45) is 5.92 Å². The Kier molecular flexibility index (Phi) is 2.04. The van der Waals surface area contributed by atoms with Gasteiger partial charge in [-0.3, -0.25) is 4.79 Å². The average Bonchev–Trinajstić information content (AvgIpc) is 2.18. The van der Waals surface area contributed by atoms with Crippen LogP contribution >= 0.6 is 0 Å². The monoisotopic (exact) mass is 194 g/mol. The molecule has 0 amide bonds. The molecular formula is C10H10O4. The summed E-state index contributed by atoms with van der Waals surface area (Å²) < 4.78 is 5.24. The Hall–Kier alpha value is -1.71. The van der Waals surface area contributed by atoms with Crippen LogP contribution in [0.15, 0.2) is 18.2 Å². The van der Waals surface area contributed by atoms with E-state index in [0.717, 1.165) is 0 Å². The normalized spacial score (nSPS) is 19.6. The number of hydrogen-bond donors (Lipinski definition) is 2. The summed E-state index contributed by atoms with van der Waals surface area (Å²) >= 11 is 0. The summed E-state index contributed by atoms with van der Waals surface area (Å²) in [6, 6.07) is 4.94. The fourth-order valence-corrected chi connectivity index (χ4v) is 1.55. The summed E-state index contributed by atoms with van der Waals surface area (Å²) in [6.45, 7) is 0.172. The van der Waals surface area contributed by atoms with E-state index in [2.05, 4.69) is 0 Å². The topological polar surface area (TPSA) is 66.8 Å². The van der Waals surface area contributed by atoms with Gasteiger partial charge in [-0.25, -0.2) is 0 Å². The highest BCUT2D eigenvalue weighted by Gasteiger charge is 2.27. The van der Waals surface area contributed by atoms with Crippen molar-refractivity contribution in [2.75, 3.05) is 6.61 Å². The smallest absolute Gasteiger partial charge is 0.310 e. The lowest BCUT2D eigenvalue weighted by atomic mass is 9.96. The first-order valence-corrected chi connectivity index (χ1v) is 4.35. The van der Waals surface area contributed by atoms with E-state index in [0.29, 0.717) is 17.7 Å². The van der Waals surface area contributed by atoms with Crippen LogP contribution in [-0.4, -0.2) is 22.8 Å². The molecule has 0 bridgehead atoms. The molecule has 74 valence electrons. The molecule has 1 aliphatic rings. The second-order valence-corrected chi connectivity index (χ2v) is 3.30. The molecule has 1 aromatic carbocycles. The number of aromatic hydroxyl groups is 1. The van der Waals surface area contributed by atoms with Gasteiger partial charge in [-0.15, -0.1) is 0 Å². The van der Waals surface area contributed by atoms with Crippen LogP contribution in [0.25, 0.3) is 0 Å². The van der Waals surface area contributed by atoms with Gasteiger partial charge in [0.05, 0.1) is 5.92 Å². The number of phenolic OH excluding ortho intramolecular Hbond substituents is 1. The minimum Gasteiger partial charge on any atom is -0.508 e. The third-order valence-corrected chi connectivity index (χ3v) is 2.35. The molecule has 0 aliphatic carbocycles. The molecule has 0 spiro atoms. The average molecular weight is 194 g/mol. The van der Waals surface area contributed by atoms with Crippen LogP contribution in [-0.2, 0) is 11.2 Å². The van der Waals surface area contributed by atoms with Gasteiger partial charge in [0.15, 0.2) is 0 Å². The minimum absolute atomic E-state index is 0.105. The highest BCUT2D eigenvalue weighted by molar-refractivity contribution is 5.71. The van der Waals surface area contributed by atoms with E-state index in [4.69, 9.17) is 9.84 Å². The van der Waals surface area contributed by atoms with Crippen molar-refractivity contribution in [1.29, 1.82) is 0 Å². The molecule has 0 saturated carbocycles. The zero-order valence-corrected chi connectivity index (χ0v) is 7.43. The van der Waals surface area contributed by atoms with Crippen molar-refractivity contribution in [3.05, 3.63) is 23.8 Å². The van der Waals surface area contributed by atoms with Crippen molar-refractivity contribution in [3.8, 4) is 11.5 Å². The molecule has 1 aromatic rings. The zero-order valence-electron chi connectivity index (χ0n) is 7.43. The van der Waals surface area contributed by atoms with Crippen LogP contribution in [0.4, 0.5) is 0 Å². The van der Waals surface area contributed by atoms with Crippen molar-refractivity contribution in [2.45, 2.75) is 6.42 Å². The van der Waals surface area contributed by atoms with Crippen LogP contribution in [0.5, 0.6) is 11.5 Å². The van der Waals surface area contributed by atoms with Gasteiger partial charge in [-0.1, -0.05) is 6.07 Å². The Balaban J connectivity index is 2.33. The molecule has 0 saturated heterocycles. The highest BCUT2D eigenvalue weighted by Crippen LogP contribution is 2.33.